The SMILES string of the molecule is COc1cc(C)cc(C)c1C(NN)C1CN(C)CCN1C. The number of benzene rings is 1. The Morgan fingerprint density at radius 2 is 2.00 bits per heavy atom. The van der Waals surface area contributed by atoms with Crippen LogP contribution in [0, 0.1) is 13.8 Å². The van der Waals surface area contributed by atoms with Crippen molar-refractivity contribution in [1.82, 2.24) is 15.2 Å². The Morgan fingerprint density at radius 1 is 1.29 bits per heavy atom. The molecule has 1 aliphatic rings. The van der Waals surface area contributed by atoms with E-state index in [0.29, 0.717) is 6.04 Å². The van der Waals surface area contributed by atoms with E-state index in [4.69, 9.17) is 10.6 Å². The first-order valence-corrected chi connectivity index (χ1v) is 7.48. The minimum atomic E-state index is 0.0494. The number of aryl methyl sites for hydroxylation is 2. The van der Waals surface area contributed by atoms with Crippen LogP contribution in [0.1, 0.15) is 22.7 Å². The normalized spacial score (nSPS) is 22.3. The molecule has 1 heterocycles. The number of hydrazine groups is 1. The Hall–Kier alpha value is -1.14. The van der Waals surface area contributed by atoms with E-state index >= 15 is 0 Å². The van der Waals surface area contributed by atoms with Crippen molar-refractivity contribution in [3.05, 3.63) is 28.8 Å². The van der Waals surface area contributed by atoms with Crippen molar-refractivity contribution in [2.24, 2.45) is 5.84 Å². The molecule has 1 aromatic carbocycles. The molecule has 0 radical (unpaired) electrons. The molecule has 0 amide bonds. The number of ether oxygens (including phenoxy) is 1. The van der Waals surface area contributed by atoms with E-state index in [1.54, 1.807) is 7.11 Å². The third-order valence-corrected chi connectivity index (χ3v) is 4.49. The van der Waals surface area contributed by atoms with Crippen molar-refractivity contribution in [3.63, 3.8) is 0 Å². The van der Waals surface area contributed by atoms with Gasteiger partial charge in [0.1, 0.15) is 5.75 Å². The smallest absolute Gasteiger partial charge is 0.124 e. The zero-order valence-electron chi connectivity index (χ0n) is 13.8. The second kappa shape index (κ2) is 6.75. The molecule has 2 atom stereocenters. The fourth-order valence-corrected chi connectivity index (χ4v) is 3.30. The van der Waals surface area contributed by atoms with Gasteiger partial charge in [0.15, 0.2) is 0 Å². The van der Waals surface area contributed by atoms with E-state index < -0.39 is 0 Å². The van der Waals surface area contributed by atoms with Gasteiger partial charge in [-0.25, -0.2) is 0 Å². The molecule has 3 N–H and O–H groups in total. The second-order valence-corrected chi connectivity index (χ2v) is 6.15. The Bertz CT molecular complexity index is 491. The fraction of sp³-hybridized carbons (Fsp3) is 0.625. The Morgan fingerprint density at radius 3 is 2.62 bits per heavy atom. The fourth-order valence-electron chi connectivity index (χ4n) is 3.30. The van der Waals surface area contributed by atoms with Gasteiger partial charge in [-0.05, 0) is 45.1 Å². The van der Waals surface area contributed by atoms with Crippen LogP contribution in [0.3, 0.4) is 0 Å². The van der Waals surface area contributed by atoms with Gasteiger partial charge in [-0.3, -0.25) is 16.2 Å². The van der Waals surface area contributed by atoms with Crippen LogP contribution in [0.5, 0.6) is 5.75 Å². The Labute approximate surface area is 128 Å². The lowest BCUT2D eigenvalue weighted by atomic mass is 9.91. The number of methoxy groups -OCH3 is 1. The molecule has 1 aromatic rings. The molecule has 0 spiro atoms. The van der Waals surface area contributed by atoms with Crippen molar-refractivity contribution >= 4 is 0 Å². The number of piperazine rings is 1. The van der Waals surface area contributed by atoms with Crippen molar-refractivity contribution in [2.45, 2.75) is 25.9 Å². The number of nitrogens with zero attached hydrogens (tertiary/aromatic N) is 2. The van der Waals surface area contributed by atoms with E-state index in [-0.39, 0.29) is 6.04 Å². The first-order valence-electron chi connectivity index (χ1n) is 7.48. The topological polar surface area (TPSA) is 53.8 Å². The highest BCUT2D eigenvalue weighted by Crippen LogP contribution is 2.33. The molecule has 0 aromatic heterocycles. The van der Waals surface area contributed by atoms with Crippen LogP contribution in [-0.4, -0.2) is 56.7 Å². The molecule has 0 bridgehead atoms. The average molecular weight is 292 g/mol. The van der Waals surface area contributed by atoms with Crippen molar-refractivity contribution in [3.8, 4) is 5.75 Å². The predicted molar refractivity (Wildman–Crippen MR) is 86.4 cm³/mol. The number of rotatable bonds is 4. The van der Waals surface area contributed by atoms with Crippen LogP contribution < -0.4 is 16.0 Å². The quantitative estimate of drug-likeness (QED) is 0.642. The van der Waals surface area contributed by atoms with Gasteiger partial charge in [-0.1, -0.05) is 6.07 Å². The van der Waals surface area contributed by atoms with Crippen LogP contribution >= 0.6 is 0 Å². The Kier molecular flexibility index (Phi) is 5.22. The van der Waals surface area contributed by atoms with Crippen LogP contribution in [0.4, 0.5) is 0 Å². The molecular weight excluding hydrogens is 264 g/mol. The lowest BCUT2D eigenvalue weighted by Crippen LogP contribution is -2.56. The molecular formula is C16H28N4O. The van der Waals surface area contributed by atoms with E-state index in [0.717, 1.165) is 30.9 Å². The van der Waals surface area contributed by atoms with E-state index in [9.17, 15) is 0 Å². The zero-order valence-corrected chi connectivity index (χ0v) is 13.8. The highest BCUT2D eigenvalue weighted by atomic mass is 16.5. The number of likely N-dealkylation sites (N-methyl/N-ethyl adjacent to an activating group) is 2. The molecule has 5 heteroatoms. The van der Waals surface area contributed by atoms with Crippen molar-refractivity contribution < 1.29 is 4.74 Å². The standard InChI is InChI=1S/C16H28N4O/c1-11-8-12(2)15(14(9-11)21-5)16(18-17)13-10-19(3)6-7-20(13)4/h8-9,13,16,18H,6-7,10,17H2,1-5H3. The molecule has 1 fully saturated rings. The largest absolute Gasteiger partial charge is 0.496 e. The predicted octanol–water partition coefficient (Wildman–Crippen LogP) is 1.06. The first kappa shape index (κ1) is 16.2. The summed E-state index contributed by atoms with van der Waals surface area (Å²) < 4.78 is 5.62. The number of hydrogen-bond donors (Lipinski definition) is 2. The highest BCUT2D eigenvalue weighted by molar-refractivity contribution is 5.45. The molecule has 21 heavy (non-hydrogen) atoms. The molecule has 0 aliphatic carbocycles. The van der Waals surface area contributed by atoms with E-state index in [2.05, 4.69) is 55.3 Å². The van der Waals surface area contributed by atoms with Gasteiger partial charge in [-0.15, -0.1) is 0 Å². The molecule has 1 aliphatic heterocycles. The highest BCUT2D eigenvalue weighted by Gasteiger charge is 2.32. The monoisotopic (exact) mass is 292 g/mol. The maximum absolute atomic E-state index is 5.92. The van der Waals surface area contributed by atoms with Gasteiger partial charge in [0, 0.05) is 31.2 Å². The minimum Gasteiger partial charge on any atom is -0.496 e. The lowest BCUT2D eigenvalue weighted by Gasteiger charge is -2.42. The average Bonchev–Trinajstić information content (AvgIpc) is 2.44. The Balaban J connectivity index is 2.41. The summed E-state index contributed by atoms with van der Waals surface area (Å²) in [5, 5.41) is 0. The molecule has 118 valence electrons. The summed E-state index contributed by atoms with van der Waals surface area (Å²) >= 11 is 0. The zero-order chi connectivity index (χ0) is 15.6. The van der Waals surface area contributed by atoms with Crippen molar-refractivity contribution in [2.75, 3.05) is 40.8 Å². The summed E-state index contributed by atoms with van der Waals surface area (Å²) in [7, 11) is 6.05. The number of nitrogens with one attached hydrogen (secondary N) is 1. The summed E-state index contributed by atoms with van der Waals surface area (Å²) in [4.78, 5) is 4.73. The second-order valence-electron chi connectivity index (χ2n) is 6.15. The van der Waals surface area contributed by atoms with Gasteiger partial charge < -0.3 is 9.64 Å². The molecule has 0 saturated carbocycles. The maximum atomic E-state index is 5.92. The van der Waals surface area contributed by atoms with Crippen LogP contribution in [0.15, 0.2) is 12.1 Å². The third-order valence-electron chi connectivity index (χ3n) is 4.49. The van der Waals surface area contributed by atoms with Gasteiger partial charge in [0.05, 0.1) is 13.2 Å². The molecule has 1 saturated heterocycles. The van der Waals surface area contributed by atoms with Gasteiger partial charge >= 0.3 is 0 Å². The summed E-state index contributed by atoms with van der Waals surface area (Å²) in [6, 6.07) is 4.64. The summed E-state index contributed by atoms with van der Waals surface area (Å²) in [6.07, 6.45) is 0. The number of hydrogen-bond acceptors (Lipinski definition) is 5. The van der Waals surface area contributed by atoms with E-state index in [1.165, 1.54) is 11.1 Å². The molecule has 5 nitrogen and oxygen atoms in total. The van der Waals surface area contributed by atoms with Crippen LogP contribution in [0.2, 0.25) is 0 Å². The first-order chi connectivity index (χ1) is 9.97. The lowest BCUT2D eigenvalue weighted by molar-refractivity contribution is 0.0867. The molecule has 2 rings (SSSR count). The van der Waals surface area contributed by atoms with Gasteiger partial charge in [-0.2, -0.15) is 0 Å². The maximum Gasteiger partial charge on any atom is 0.124 e. The van der Waals surface area contributed by atoms with E-state index in [1.807, 2.05) is 0 Å². The molecule has 2 unspecified atom stereocenters. The number of nitrogens with two attached hydrogens (primary N) is 1. The van der Waals surface area contributed by atoms with Gasteiger partial charge in [0.2, 0.25) is 0 Å². The summed E-state index contributed by atoms with van der Waals surface area (Å²) in [5.41, 5.74) is 6.62. The summed E-state index contributed by atoms with van der Waals surface area (Å²) in [5.74, 6) is 6.84. The van der Waals surface area contributed by atoms with Crippen LogP contribution in [0.25, 0.3) is 0 Å². The minimum absolute atomic E-state index is 0.0494. The summed E-state index contributed by atoms with van der Waals surface area (Å²) in [6.45, 7) is 7.34. The van der Waals surface area contributed by atoms with Gasteiger partial charge in [0.25, 0.3) is 0 Å². The van der Waals surface area contributed by atoms with Crippen LogP contribution in [-0.2, 0) is 0 Å². The third kappa shape index (κ3) is 3.37. The van der Waals surface area contributed by atoms with Crippen molar-refractivity contribution in [1.29, 1.82) is 0 Å².